The molecule has 2 unspecified atom stereocenters. The topological polar surface area (TPSA) is 40.6 Å². The normalized spacial score (nSPS) is 22.3. The van der Waals surface area contributed by atoms with E-state index < -0.39 is 0 Å². The smallest absolute Gasteiger partial charge is 0.228 e. The van der Waals surface area contributed by atoms with Gasteiger partial charge in [-0.2, -0.15) is 0 Å². The Bertz CT molecular complexity index is 846. The van der Waals surface area contributed by atoms with Crippen molar-refractivity contribution in [2.24, 2.45) is 11.8 Å². The molecule has 27 heavy (non-hydrogen) atoms. The number of amides is 2. The molecule has 2 heterocycles. The van der Waals surface area contributed by atoms with E-state index in [1.807, 2.05) is 35.2 Å². The lowest BCUT2D eigenvalue weighted by Gasteiger charge is -2.41. The first-order valence-electron chi connectivity index (χ1n) is 9.80. The Hall–Kier alpha value is -2.62. The Morgan fingerprint density at radius 1 is 1.04 bits per heavy atom. The minimum atomic E-state index is -0.260. The number of nitrogens with zero attached hydrogens (tertiary/aromatic N) is 2. The van der Waals surface area contributed by atoms with Crippen LogP contribution in [0.15, 0.2) is 54.6 Å². The van der Waals surface area contributed by atoms with E-state index in [1.54, 1.807) is 4.90 Å². The molecule has 1 fully saturated rings. The number of rotatable bonds is 3. The van der Waals surface area contributed by atoms with Crippen LogP contribution >= 0.6 is 0 Å². The summed E-state index contributed by atoms with van der Waals surface area (Å²) in [5, 5.41) is 0. The van der Waals surface area contributed by atoms with Crippen LogP contribution < -0.4 is 4.90 Å². The van der Waals surface area contributed by atoms with Gasteiger partial charge in [0.15, 0.2) is 0 Å². The molecule has 2 aromatic carbocycles. The van der Waals surface area contributed by atoms with Gasteiger partial charge in [-0.1, -0.05) is 56.3 Å². The second kappa shape index (κ2) is 7.18. The summed E-state index contributed by atoms with van der Waals surface area (Å²) < 4.78 is 0. The molecule has 4 nitrogen and oxygen atoms in total. The molecule has 2 atom stereocenters. The highest BCUT2D eigenvalue weighted by atomic mass is 16.2. The van der Waals surface area contributed by atoms with Crippen LogP contribution in [-0.4, -0.2) is 29.8 Å². The van der Waals surface area contributed by atoms with Gasteiger partial charge >= 0.3 is 0 Å². The Kier molecular flexibility index (Phi) is 4.73. The summed E-state index contributed by atoms with van der Waals surface area (Å²) in [6, 6.07) is 18.2. The molecule has 2 aliphatic heterocycles. The lowest BCUT2D eigenvalue weighted by atomic mass is 9.85. The lowest BCUT2D eigenvalue weighted by molar-refractivity contribution is -0.139. The van der Waals surface area contributed by atoms with Crippen molar-refractivity contribution in [3.63, 3.8) is 0 Å². The van der Waals surface area contributed by atoms with Crippen molar-refractivity contribution in [1.82, 2.24) is 4.90 Å². The van der Waals surface area contributed by atoms with Crippen LogP contribution in [0.5, 0.6) is 0 Å². The van der Waals surface area contributed by atoms with Gasteiger partial charge in [0.2, 0.25) is 11.8 Å². The number of anilines is 1. The second-order valence-corrected chi connectivity index (χ2v) is 7.91. The van der Waals surface area contributed by atoms with Crippen molar-refractivity contribution in [1.29, 1.82) is 0 Å². The van der Waals surface area contributed by atoms with Crippen molar-refractivity contribution >= 4 is 17.5 Å². The van der Waals surface area contributed by atoms with Crippen LogP contribution in [0, 0.1) is 11.8 Å². The van der Waals surface area contributed by atoms with E-state index in [2.05, 4.69) is 38.1 Å². The zero-order valence-corrected chi connectivity index (χ0v) is 16.0. The molecule has 0 saturated carbocycles. The van der Waals surface area contributed by atoms with E-state index in [9.17, 15) is 9.59 Å². The summed E-state index contributed by atoms with van der Waals surface area (Å²) in [7, 11) is 0. The SMILES string of the molecule is CC(C)C1c2ccccc2CCN1C(=O)C1CC(=O)N(c2ccccc2)C1. The van der Waals surface area contributed by atoms with Crippen molar-refractivity contribution < 1.29 is 9.59 Å². The number of hydrogen-bond acceptors (Lipinski definition) is 2. The number of para-hydroxylation sites is 1. The van der Waals surface area contributed by atoms with Crippen LogP contribution in [-0.2, 0) is 16.0 Å². The molecule has 1 saturated heterocycles. The first-order valence-corrected chi connectivity index (χ1v) is 9.80. The Morgan fingerprint density at radius 3 is 2.48 bits per heavy atom. The van der Waals surface area contributed by atoms with E-state index in [4.69, 9.17) is 0 Å². The fourth-order valence-corrected chi connectivity index (χ4v) is 4.53. The van der Waals surface area contributed by atoms with E-state index in [-0.39, 0.29) is 23.8 Å². The molecule has 2 aliphatic rings. The molecule has 0 radical (unpaired) electrons. The molecule has 2 aromatic rings. The van der Waals surface area contributed by atoms with Gasteiger partial charge in [0.05, 0.1) is 12.0 Å². The van der Waals surface area contributed by atoms with Gasteiger partial charge in [0, 0.05) is 25.2 Å². The van der Waals surface area contributed by atoms with Gasteiger partial charge in [-0.05, 0) is 35.6 Å². The predicted octanol–water partition coefficient (Wildman–Crippen LogP) is 3.82. The van der Waals surface area contributed by atoms with Gasteiger partial charge in [0.25, 0.3) is 0 Å². The van der Waals surface area contributed by atoms with E-state index in [1.165, 1.54) is 11.1 Å². The zero-order valence-electron chi connectivity index (χ0n) is 16.0. The molecule has 0 aromatic heterocycles. The van der Waals surface area contributed by atoms with Crippen LogP contribution in [0.3, 0.4) is 0 Å². The average molecular weight is 362 g/mol. The average Bonchev–Trinajstić information content (AvgIpc) is 3.08. The first kappa shape index (κ1) is 17.8. The molecular weight excluding hydrogens is 336 g/mol. The van der Waals surface area contributed by atoms with Crippen LogP contribution in [0.2, 0.25) is 0 Å². The third kappa shape index (κ3) is 3.25. The molecule has 0 spiro atoms. The Balaban J connectivity index is 1.57. The van der Waals surface area contributed by atoms with E-state index in [0.29, 0.717) is 18.9 Å². The van der Waals surface area contributed by atoms with Gasteiger partial charge in [-0.15, -0.1) is 0 Å². The molecule has 2 amide bonds. The third-order valence-electron chi connectivity index (χ3n) is 5.79. The highest BCUT2D eigenvalue weighted by Crippen LogP contribution is 2.37. The molecule has 0 N–H and O–H groups in total. The maximum Gasteiger partial charge on any atom is 0.228 e. The van der Waals surface area contributed by atoms with Crippen molar-refractivity contribution in [2.45, 2.75) is 32.7 Å². The third-order valence-corrected chi connectivity index (χ3v) is 5.79. The fourth-order valence-electron chi connectivity index (χ4n) is 4.53. The summed E-state index contributed by atoms with van der Waals surface area (Å²) >= 11 is 0. The fraction of sp³-hybridized carbons (Fsp3) is 0.391. The number of carbonyl (C=O) groups excluding carboxylic acids is 2. The monoisotopic (exact) mass is 362 g/mol. The van der Waals surface area contributed by atoms with Crippen LogP contribution in [0.4, 0.5) is 5.69 Å². The molecule has 0 aliphatic carbocycles. The molecular formula is C23H26N2O2. The highest BCUT2D eigenvalue weighted by Gasteiger charge is 2.41. The number of fused-ring (bicyclic) bond motifs is 1. The van der Waals surface area contributed by atoms with E-state index >= 15 is 0 Å². The number of hydrogen-bond donors (Lipinski definition) is 0. The van der Waals surface area contributed by atoms with Crippen molar-refractivity contribution in [3.05, 3.63) is 65.7 Å². The summed E-state index contributed by atoms with van der Waals surface area (Å²) in [5.74, 6) is 0.231. The molecule has 140 valence electrons. The zero-order chi connectivity index (χ0) is 19.0. The molecule has 0 bridgehead atoms. The predicted molar refractivity (Wildman–Crippen MR) is 106 cm³/mol. The van der Waals surface area contributed by atoms with Crippen LogP contribution in [0.25, 0.3) is 0 Å². The summed E-state index contributed by atoms with van der Waals surface area (Å²) in [6.45, 7) is 5.55. The second-order valence-electron chi connectivity index (χ2n) is 7.91. The van der Waals surface area contributed by atoms with Gasteiger partial charge < -0.3 is 9.80 Å². The maximum absolute atomic E-state index is 13.4. The maximum atomic E-state index is 13.4. The molecule has 4 rings (SSSR count). The minimum Gasteiger partial charge on any atom is -0.335 e. The largest absolute Gasteiger partial charge is 0.335 e. The van der Waals surface area contributed by atoms with Gasteiger partial charge in [-0.3, -0.25) is 9.59 Å². The standard InChI is InChI=1S/C23H26N2O2/c1-16(2)22-20-11-7-6-8-17(20)12-13-24(22)23(27)18-14-21(26)25(15-18)19-9-4-3-5-10-19/h3-11,16,18,22H,12-15H2,1-2H3. The van der Waals surface area contributed by atoms with Crippen molar-refractivity contribution in [3.8, 4) is 0 Å². The number of benzene rings is 2. The summed E-state index contributed by atoms with van der Waals surface area (Å²) in [4.78, 5) is 29.7. The first-order chi connectivity index (χ1) is 13.1. The Morgan fingerprint density at radius 2 is 1.74 bits per heavy atom. The minimum absolute atomic E-state index is 0.0399. The van der Waals surface area contributed by atoms with E-state index in [0.717, 1.165) is 18.7 Å². The quantitative estimate of drug-likeness (QED) is 0.833. The summed E-state index contributed by atoms with van der Waals surface area (Å²) in [6.07, 6.45) is 1.19. The lowest BCUT2D eigenvalue weighted by Crippen LogP contribution is -2.45. The van der Waals surface area contributed by atoms with Gasteiger partial charge in [0.1, 0.15) is 0 Å². The van der Waals surface area contributed by atoms with Crippen molar-refractivity contribution in [2.75, 3.05) is 18.0 Å². The number of carbonyl (C=O) groups is 2. The van der Waals surface area contributed by atoms with Gasteiger partial charge in [-0.25, -0.2) is 0 Å². The highest BCUT2D eigenvalue weighted by molar-refractivity contribution is 6.00. The molecule has 4 heteroatoms. The Labute approximate surface area is 160 Å². The summed E-state index contributed by atoms with van der Waals surface area (Å²) in [5.41, 5.74) is 3.48. The van der Waals surface area contributed by atoms with Crippen LogP contribution in [0.1, 0.15) is 37.4 Å².